The predicted octanol–water partition coefficient (Wildman–Crippen LogP) is 4.33. The number of aromatic carboxylic acids is 1. The normalized spacial score (nSPS) is 12.2. The van der Waals surface area contributed by atoms with Crippen LogP contribution in [0.5, 0.6) is 5.75 Å². The molecule has 0 aliphatic heterocycles. The van der Waals surface area contributed by atoms with Gasteiger partial charge in [-0.2, -0.15) is 13.2 Å². The third-order valence-electron chi connectivity index (χ3n) is 3.71. The molecule has 2 aromatic rings. The first-order chi connectivity index (χ1) is 14.1. The first kappa shape index (κ1) is 22.3. The summed E-state index contributed by atoms with van der Waals surface area (Å²) in [6.45, 7) is 3.49. The number of carbonyl (C=O) groups is 2. The number of allylic oxidation sites excluding steroid dienone is 2. The zero-order valence-electron chi connectivity index (χ0n) is 15.4. The molecule has 156 valence electrons. The first-order valence-corrected chi connectivity index (χ1v) is 8.40. The lowest BCUT2D eigenvalue weighted by Gasteiger charge is -2.12. The summed E-state index contributed by atoms with van der Waals surface area (Å²) in [4.78, 5) is 23.5. The fraction of sp³-hybridized carbons (Fsp3) is 0.0476. The molecule has 0 saturated heterocycles. The number of hydrogen-bond donors (Lipinski definition) is 3. The minimum atomic E-state index is -4.49. The summed E-state index contributed by atoms with van der Waals surface area (Å²) in [5.74, 6) is -1.96. The molecule has 0 fully saturated rings. The predicted molar refractivity (Wildman–Crippen MR) is 105 cm³/mol. The van der Waals surface area contributed by atoms with Gasteiger partial charge in [0.1, 0.15) is 5.75 Å². The van der Waals surface area contributed by atoms with Gasteiger partial charge in [-0.05, 0) is 54.6 Å². The van der Waals surface area contributed by atoms with Crippen LogP contribution in [0.15, 0.2) is 84.8 Å². The number of carboxylic acids is 1. The van der Waals surface area contributed by atoms with Gasteiger partial charge in [-0.25, -0.2) is 4.79 Å². The maximum Gasteiger partial charge on any atom is 0.416 e. The van der Waals surface area contributed by atoms with Crippen molar-refractivity contribution in [2.24, 2.45) is 5.73 Å². The zero-order valence-corrected chi connectivity index (χ0v) is 15.4. The number of ether oxygens (including phenoxy) is 1. The van der Waals surface area contributed by atoms with Gasteiger partial charge in [0.2, 0.25) is 5.88 Å². The lowest BCUT2D eigenvalue weighted by Crippen LogP contribution is -2.20. The third-order valence-corrected chi connectivity index (χ3v) is 3.71. The first-order valence-electron chi connectivity index (χ1n) is 8.40. The number of anilines is 1. The van der Waals surface area contributed by atoms with Crippen molar-refractivity contribution < 1.29 is 32.6 Å². The molecule has 0 radical (unpaired) electrons. The smallest absolute Gasteiger partial charge is 0.416 e. The highest BCUT2D eigenvalue weighted by molar-refractivity contribution is 6.06. The van der Waals surface area contributed by atoms with E-state index in [1.165, 1.54) is 42.5 Å². The van der Waals surface area contributed by atoms with Crippen molar-refractivity contribution in [3.63, 3.8) is 0 Å². The summed E-state index contributed by atoms with van der Waals surface area (Å²) in [6, 6.07) is 9.20. The van der Waals surface area contributed by atoms with E-state index < -0.39 is 23.6 Å². The van der Waals surface area contributed by atoms with Crippen molar-refractivity contribution in [1.82, 2.24) is 0 Å². The quantitative estimate of drug-likeness (QED) is 0.353. The molecular weight excluding hydrogens is 401 g/mol. The summed E-state index contributed by atoms with van der Waals surface area (Å²) in [5, 5.41) is 11.3. The maximum atomic E-state index is 12.7. The lowest BCUT2D eigenvalue weighted by molar-refractivity contribution is -0.137. The molecule has 0 aromatic heterocycles. The van der Waals surface area contributed by atoms with Crippen molar-refractivity contribution in [2.75, 3.05) is 5.32 Å². The monoisotopic (exact) mass is 418 g/mol. The Labute approximate surface area is 169 Å². The van der Waals surface area contributed by atoms with Crippen LogP contribution in [-0.2, 0) is 11.0 Å². The molecule has 0 spiro atoms. The fourth-order valence-electron chi connectivity index (χ4n) is 2.22. The number of halogens is 3. The number of hydrogen-bond acceptors (Lipinski definition) is 4. The van der Waals surface area contributed by atoms with Crippen LogP contribution in [0.1, 0.15) is 15.9 Å². The van der Waals surface area contributed by atoms with Crippen LogP contribution >= 0.6 is 0 Å². The molecule has 6 nitrogen and oxygen atoms in total. The van der Waals surface area contributed by atoms with E-state index in [0.717, 1.165) is 24.3 Å². The topological polar surface area (TPSA) is 102 Å². The second kappa shape index (κ2) is 9.46. The largest absolute Gasteiger partial charge is 0.478 e. The van der Waals surface area contributed by atoms with Gasteiger partial charge in [0.25, 0.3) is 5.91 Å². The van der Waals surface area contributed by atoms with Crippen LogP contribution < -0.4 is 15.8 Å². The number of benzene rings is 2. The average molecular weight is 418 g/mol. The van der Waals surface area contributed by atoms with E-state index in [9.17, 15) is 22.8 Å². The average Bonchev–Trinajstić information content (AvgIpc) is 2.68. The lowest BCUT2D eigenvalue weighted by atomic mass is 10.2. The molecule has 2 rings (SSSR count). The number of alkyl halides is 3. The van der Waals surface area contributed by atoms with Crippen LogP contribution in [0.25, 0.3) is 0 Å². The van der Waals surface area contributed by atoms with Crippen LogP contribution in [0.3, 0.4) is 0 Å². The van der Waals surface area contributed by atoms with Crippen LogP contribution in [0.4, 0.5) is 18.9 Å². The number of amides is 1. The van der Waals surface area contributed by atoms with Crippen LogP contribution in [-0.4, -0.2) is 17.0 Å². The van der Waals surface area contributed by atoms with Gasteiger partial charge in [0, 0.05) is 5.69 Å². The van der Waals surface area contributed by atoms with Gasteiger partial charge in [-0.3, -0.25) is 4.79 Å². The Kier molecular flexibility index (Phi) is 7.03. The van der Waals surface area contributed by atoms with E-state index in [1.807, 2.05) is 0 Å². The molecule has 0 bridgehead atoms. The van der Waals surface area contributed by atoms with Crippen molar-refractivity contribution in [3.8, 4) is 5.75 Å². The van der Waals surface area contributed by atoms with Gasteiger partial charge < -0.3 is 20.9 Å². The second-order valence-electron chi connectivity index (χ2n) is 5.83. The second-order valence-corrected chi connectivity index (χ2v) is 5.83. The standard InChI is InChI=1S/C21H17F3N2O4/c1-2-3-4-17(18(25)30-16-11-5-13(6-12-16)20(28)29)19(27)26-15-9-7-14(8-10-15)21(22,23)24/h2-12H,1,25H2,(H,26,27)(H,28,29)/b4-3-,18-17-. The Morgan fingerprint density at radius 2 is 1.67 bits per heavy atom. The molecule has 0 unspecified atom stereocenters. The van der Waals surface area contributed by atoms with E-state index in [1.54, 1.807) is 0 Å². The fourth-order valence-corrected chi connectivity index (χ4v) is 2.22. The number of nitrogens with two attached hydrogens (primary N) is 1. The molecular formula is C21H17F3N2O4. The Morgan fingerprint density at radius 1 is 1.07 bits per heavy atom. The van der Waals surface area contributed by atoms with E-state index in [4.69, 9.17) is 15.6 Å². The summed E-state index contributed by atoms with van der Waals surface area (Å²) < 4.78 is 43.4. The van der Waals surface area contributed by atoms with Gasteiger partial charge in [-0.15, -0.1) is 0 Å². The SMILES string of the molecule is C=C/C=C\C(C(=O)Nc1ccc(C(F)(F)F)cc1)=C(/N)Oc1ccc(C(=O)O)cc1. The minimum absolute atomic E-state index is 0.0386. The molecule has 0 aliphatic rings. The van der Waals surface area contributed by atoms with Gasteiger partial charge >= 0.3 is 12.1 Å². The molecule has 0 atom stereocenters. The van der Waals surface area contributed by atoms with E-state index in [0.29, 0.717) is 0 Å². The number of nitrogens with one attached hydrogen (secondary N) is 1. The Bertz CT molecular complexity index is 992. The summed E-state index contributed by atoms with van der Waals surface area (Å²) >= 11 is 0. The zero-order chi connectivity index (χ0) is 22.3. The molecule has 0 heterocycles. The van der Waals surface area contributed by atoms with Crippen LogP contribution in [0.2, 0.25) is 0 Å². The van der Waals surface area contributed by atoms with Crippen molar-refractivity contribution in [3.05, 3.63) is 95.9 Å². The van der Waals surface area contributed by atoms with Crippen LogP contribution in [0, 0.1) is 0 Å². The number of carboxylic acid groups (broad SMARTS) is 1. The summed E-state index contributed by atoms with van der Waals surface area (Å²) in [5.41, 5.74) is 5.07. The van der Waals surface area contributed by atoms with Crippen molar-refractivity contribution in [2.45, 2.75) is 6.18 Å². The molecule has 0 aliphatic carbocycles. The van der Waals surface area contributed by atoms with E-state index >= 15 is 0 Å². The van der Waals surface area contributed by atoms with Crippen molar-refractivity contribution >= 4 is 17.6 Å². The van der Waals surface area contributed by atoms with Gasteiger partial charge in [0.15, 0.2) is 0 Å². The highest BCUT2D eigenvalue weighted by Crippen LogP contribution is 2.30. The van der Waals surface area contributed by atoms with Gasteiger partial charge in [0.05, 0.1) is 16.7 Å². The Morgan fingerprint density at radius 3 is 2.17 bits per heavy atom. The van der Waals surface area contributed by atoms with E-state index in [2.05, 4.69) is 11.9 Å². The number of carbonyl (C=O) groups excluding carboxylic acids is 1. The molecule has 0 saturated carbocycles. The minimum Gasteiger partial charge on any atom is -0.478 e. The highest BCUT2D eigenvalue weighted by Gasteiger charge is 2.30. The summed E-state index contributed by atoms with van der Waals surface area (Å²) in [7, 11) is 0. The molecule has 2 aromatic carbocycles. The molecule has 9 heteroatoms. The molecule has 4 N–H and O–H groups in total. The summed E-state index contributed by atoms with van der Waals surface area (Å²) in [6.07, 6.45) is -0.367. The molecule has 1 amide bonds. The maximum absolute atomic E-state index is 12.7. The van der Waals surface area contributed by atoms with E-state index in [-0.39, 0.29) is 28.5 Å². The number of rotatable bonds is 7. The Hall–Kier alpha value is -4.01. The van der Waals surface area contributed by atoms with Crippen molar-refractivity contribution in [1.29, 1.82) is 0 Å². The van der Waals surface area contributed by atoms with Gasteiger partial charge in [-0.1, -0.05) is 18.7 Å². The Balaban J connectivity index is 2.24. The highest BCUT2D eigenvalue weighted by atomic mass is 19.4. The molecule has 30 heavy (non-hydrogen) atoms. The third kappa shape index (κ3) is 5.99.